The summed E-state index contributed by atoms with van der Waals surface area (Å²) >= 11 is 0. The Morgan fingerprint density at radius 2 is 2.40 bits per heavy atom. The molecule has 2 rings (SSSR count). The van der Waals surface area contributed by atoms with E-state index in [1.165, 1.54) is 12.5 Å². The van der Waals surface area contributed by atoms with E-state index in [4.69, 9.17) is 0 Å². The molecule has 1 aliphatic rings. The van der Waals surface area contributed by atoms with Crippen molar-refractivity contribution in [1.82, 2.24) is 5.32 Å². The molecule has 1 aromatic rings. The zero-order chi connectivity index (χ0) is 10.7. The Balaban J connectivity index is 2.18. The molecule has 1 heterocycles. The Bertz CT molecular complexity index is 318. The molecule has 0 aromatic heterocycles. The zero-order valence-electron chi connectivity index (χ0n) is 9.17. The van der Waals surface area contributed by atoms with Gasteiger partial charge in [0.1, 0.15) is 5.82 Å². The van der Waals surface area contributed by atoms with Gasteiger partial charge in [-0.15, -0.1) is 0 Å². The fourth-order valence-electron chi connectivity index (χ4n) is 2.60. The van der Waals surface area contributed by atoms with E-state index in [-0.39, 0.29) is 5.82 Å². The van der Waals surface area contributed by atoms with E-state index in [9.17, 15) is 4.39 Å². The van der Waals surface area contributed by atoms with Crippen LogP contribution in [0.3, 0.4) is 0 Å². The summed E-state index contributed by atoms with van der Waals surface area (Å²) in [6.45, 7) is 4.37. The van der Waals surface area contributed by atoms with Crippen LogP contribution in [0.5, 0.6) is 0 Å². The van der Waals surface area contributed by atoms with Crippen molar-refractivity contribution in [1.29, 1.82) is 0 Å². The Kier molecular flexibility index (Phi) is 3.37. The van der Waals surface area contributed by atoms with Crippen LogP contribution in [0.1, 0.15) is 31.2 Å². The van der Waals surface area contributed by atoms with E-state index in [1.807, 2.05) is 6.07 Å². The van der Waals surface area contributed by atoms with Crippen LogP contribution in [0.15, 0.2) is 24.3 Å². The van der Waals surface area contributed by atoms with Gasteiger partial charge in [0.05, 0.1) is 0 Å². The van der Waals surface area contributed by atoms with Crippen LogP contribution in [-0.4, -0.2) is 13.1 Å². The van der Waals surface area contributed by atoms with Gasteiger partial charge in [-0.3, -0.25) is 0 Å². The van der Waals surface area contributed by atoms with Gasteiger partial charge < -0.3 is 5.32 Å². The maximum atomic E-state index is 13.1. The van der Waals surface area contributed by atoms with Gasteiger partial charge >= 0.3 is 0 Å². The molecule has 0 spiro atoms. The number of hydrogen-bond donors (Lipinski definition) is 1. The van der Waals surface area contributed by atoms with Crippen LogP contribution < -0.4 is 5.32 Å². The maximum absolute atomic E-state index is 13.1. The van der Waals surface area contributed by atoms with Crippen LogP contribution in [0, 0.1) is 11.7 Å². The van der Waals surface area contributed by atoms with Gasteiger partial charge in [-0.2, -0.15) is 0 Å². The van der Waals surface area contributed by atoms with Gasteiger partial charge in [0.2, 0.25) is 0 Å². The first-order valence-electron chi connectivity index (χ1n) is 5.77. The van der Waals surface area contributed by atoms with E-state index in [1.54, 1.807) is 6.07 Å². The molecule has 0 amide bonds. The fourth-order valence-corrected chi connectivity index (χ4v) is 2.60. The summed E-state index contributed by atoms with van der Waals surface area (Å²) in [6.07, 6.45) is 2.31. The predicted octanol–water partition coefficient (Wildman–Crippen LogP) is 2.93. The van der Waals surface area contributed by atoms with Crippen molar-refractivity contribution in [2.45, 2.75) is 25.7 Å². The summed E-state index contributed by atoms with van der Waals surface area (Å²) in [6, 6.07) is 7.07. The first-order chi connectivity index (χ1) is 7.31. The summed E-state index contributed by atoms with van der Waals surface area (Å²) in [5.74, 6) is 1.07. The third-order valence-corrected chi connectivity index (χ3v) is 3.38. The first-order valence-corrected chi connectivity index (χ1v) is 5.77. The van der Waals surface area contributed by atoms with E-state index < -0.39 is 0 Å². The number of hydrogen-bond acceptors (Lipinski definition) is 1. The van der Waals surface area contributed by atoms with Gasteiger partial charge in [0.15, 0.2) is 0 Å². The molecule has 1 fully saturated rings. The number of nitrogens with one attached hydrogen (secondary N) is 1. The predicted molar refractivity (Wildman–Crippen MR) is 60.4 cm³/mol. The third kappa shape index (κ3) is 2.37. The van der Waals surface area contributed by atoms with Crippen LogP contribution in [-0.2, 0) is 0 Å². The van der Waals surface area contributed by atoms with E-state index in [0.29, 0.717) is 11.8 Å². The molecule has 15 heavy (non-hydrogen) atoms. The normalized spacial score (nSPS) is 22.9. The lowest BCUT2D eigenvalue weighted by atomic mass is 9.83. The van der Waals surface area contributed by atoms with E-state index >= 15 is 0 Å². The summed E-state index contributed by atoms with van der Waals surface area (Å²) in [5.41, 5.74) is 1.16. The van der Waals surface area contributed by atoms with Crippen LogP contribution >= 0.6 is 0 Å². The van der Waals surface area contributed by atoms with E-state index in [0.717, 1.165) is 25.1 Å². The molecule has 1 nitrogen and oxygen atoms in total. The topological polar surface area (TPSA) is 12.0 Å². The Hall–Kier alpha value is -0.890. The zero-order valence-corrected chi connectivity index (χ0v) is 9.17. The lowest BCUT2D eigenvalue weighted by Gasteiger charge is -2.21. The molecule has 2 heteroatoms. The van der Waals surface area contributed by atoms with Crippen molar-refractivity contribution in [3.05, 3.63) is 35.6 Å². The molecule has 0 bridgehead atoms. The van der Waals surface area contributed by atoms with Crippen molar-refractivity contribution in [2.24, 2.45) is 5.92 Å². The SMILES string of the molecule is CC[C@@H](c1cccc(F)c1)C1CCNC1. The van der Waals surface area contributed by atoms with Gasteiger partial charge in [0, 0.05) is 0 Å². The van der Waals surface area contributed by atoms with Crippen LogP contribution in [0.25, 0.3) is 0 Å². The smallest absolute Gasteiger partial charge is 0.123 e. The van der Waals surface area contributed by atoms with Gasteiger partial charge in [-0.25, -0.2) is 4.39 Å². The highest BCUT2D eigenvalue weighted by molar-refractivity contribution is 5.21. The molecule has 2 atom stereocenters. The summed E-state index contributed by atoms with van der Waals surface area (Å²) in [5, 5.41) is 3.38. The number of rotatable bonds is 3. The second kappa shape index (κ2) is 4.75. The Morgan fingerprint density at radius 3 is 3.00 bits per heavy atom. The molecule has 0 saturated carbocycles. The molecule has 1 N–H and O–H groups in total. The van der Waals surface area contributed by atoms with Crippen molar-refractivity contribution >= 4 is 0 Å². The minimum Gasteiger partial charge on any atom is -0.316 e. The highest BCUT2D eigenvalue weighted by Crippen LogP contribution is 2.31. The van der Waals surface area contributed by atoms with Gasteiger partial charge in [-0.1, -0.05) is 19.1 Å². The minimum atomic E-state index is -0.114. The second-order valence-electron chi connectivity index (χ2n) is 4.32. The highest BCUT2D eigenvalue weighted by atomic mass is 19.1. The molecule has 1 aliphatic heterocycles. The molecular formula is C13H18FN. The molecule has 1 saturated heterocycles. The third-order valence-electron chi connectivity index (χ3n) is 3.38. The minimum absolute atomic E-state index is 0.114. The molecule has 1 aromatic carbocycles. The molecule has 82 valence electrons. The van der Waals surface area contributed by atoms with Gasteiger partial charge in [-0.05, 0) is 55.5 Å². The Labute approximate surface area is 90.7 Å². The largest absolute Gasteiger partial charge is 0.316 e. The Morgan fingerprint density at radius 1 is 1.53 bits per heavy atom. The quantitative estimate of drug-likeness (QED) is 0.803. The number of halogens is 1. The van der Waals surface area contributed by atoms with Crippen LogP contribution in [0.2, 0.25) is 0 Å². The average molecular weight is 207 g/mol. The van der Waals surface area contributed by atoms with Crippen molar-refractivity contribution in [3.63, 3.8) is 0 Å². The lowest BCUT2D eigenvalue weighted by Crippen LogP contribution is -2.16. The average Bonchev–Trinajstić information content (AvgIpc) is 2.72. The summed E-state index contributed by atoms with van der Waals surface area (Å²) in [4.78, 5) is 0. The molecule has 1 unspecified atom stereocenters. The molecule has 0 aliphatic carbocycles. The number of benzene rings is 1. The standard InChI is InChI=1S/C13H18FN/c1-2-13(11-6-7-15-9-11)10-4-3-5-12(14)8-10/h3-5,8,11,13,15H,2,6-7,9H2,1H3/t11?,13-/m0/s1. The lowest BCUT2D eigenvalue weighted by molar-refractivity contribution is 0.444. The first kappa shape index (κ1) is 10.6. The van der Waals surface area contributed by atoms with Crippen molar-refractivity contribution in [3.8, 4) is 0 Å². The molecular weight excluding hydrogens is 189 g/mol. The van der Waals surface area contributed by atoms with Crippen molar-refractivity contribution < 1.29 is 4.39 Å². The van der Waals surface area contributed by atoms with E-state index in [2.05, 4.69) is 18.3 Å². The fraction of sp³-hybridized carbons (Fsp3) is 0.538. The van der Waals surface area contributed by atoms with Gasteiger partial charge in [0.25, 0.3) is 0 Å². The molecule has 0 radical (unpaired) electrons. The monoisotopic (exact) mass is 207 g/mol. The van der Waals surface area contributed by atoms with Crippen molar-refractivity contribution in [2.75, 3.05) is 13.1 Å². The second-order valence-corrected chi connectivity index (χ2v) is 4.32. The summed E-state index contributed by atoms with van der Waals surface area (Å²) in [7, 11) is 0. The van der Waals surface area contributed by atoms with Crippen LogP contribution in [0.4, 0.5) is 4.39 Å². The summed E-state index contributed by atoms with van der Waals surface area (Å²) < 4.78 is 13.1. The highest BCUT2D eigenvalue weighted by Gasteiger charge is 2.24. The maximum Gasteiger partial charge on any atom is 0.123 e.